The second-order valence-electron chi connectivity index (χ2n) is 8.85. The van der Waals surface area contributed by atoms with Crippen molar-refractivity contribution in [3.05, 3.63) is 60.2 Å². The number of aromatic nitrogens is 3. The van der Waals surface area contributed by atoms with Gasteiger partial charge in [-0.25, -0.2) is 9.97 Å². The fourth-order valence-corrected chi connectivity index (χ4v) is 5.45. The van der Waals surface area contributed by atoms with Crippen LogP contribution in [-0.4, -0.2) is 40.0 Å². The summed E-state index contributed by atoms with van der Waals surface area (Å²) in [6.07, 6.45) is 7.51. The van der Waals surface area contributed by atoms with Gasteiger partial charge in [0.1, 0.15) is 10.6 Å². The molecule has 1 saturated heterocycles. The Hall–Kier alpha value is -3.32. The molecule has 166 valence electrons. The van der Waals surface area contributed by atoms with Crippen molar-refractivity contribution < 1.29 is 4.79 Å². The van der Waals surface area contributed by atoms with Crippen LogP contribution in [0.5, 0.6) is 0 Å². The van der Waals surface area contributed by atoms with Gasteiger partial charge in [-0.2, -0.15) is 0 Å². The first-order valence-corrected chi connectivity index (χ1v) is 12.4. The number of hydrogen-bond acceptors (Lipinski definition) is 6. The summed E-state index contributed by atoms with van der Waals surface area (Å²) in [5, 5.41) is 6.46. The number of nitrogens with one attached hydrogen (secondary N) is 1. The van der Waals surface area contributed by atoms with E-state index in [1.54, 1.807) is 17.5 Å². The predicted octanol–water partition coefficient (Wildman–Crippen LogP) is 4.92. The Morgan fingerprint density at radius 3 is 2.48 bits per heavy atom. The topological polar surface area (TPSA) is 71.0 Å². The molecule has 1 N–H and O–H groups in total. The zero-order valence-corrected chi connectivity index (χ0v) is 19.1. The lowest BCUT2D eigenvalue weighted by Crippen LogP contribution is -2.41. The second kappa shape index (κ2) is 8.56. The molecule has 6 nitrogen and oxygen atoms in total. The van der Waals surface area contributed by atoms with Gasteiger partial charge in [0, 0.05) is 53.9 Å². The van der Waals surface area contributed by atoms with Crippen LogP contribution in [0.4, 0.5) is 5.82 Å². The van der Waals surface area contributed by atoms with Crippen molar-refractivity contribution in [2.24, 2.45) is 5.92 Å². The Kier molecular flexibility index (Phi) is 5.26. The lowest BCUT2D eigenvalue weighted by atomic mass is 9.95. The maximum Gasteiger partial charge on any atom is 0.223 e. The van der Waals surface area contributed by atoms with Gasteiger partial charge in [-0.15, -0.1) is 11.3 Å². The van der Waals surface area contributed by atoms with Gasteiger partial charge >= 0.3 is 0 Å². The first kappa shape index (κ1) is 20.3. The van der Waals surface area contributed by atoms with Crippen molar-refractivity contribution in [1.82, 2.24) is 20.3 Å². The fourth-order valence-electron chi connectivity index (χ4n) is 4.51. The van der Waals surface area contributed by atoms with Gasteiger partial charge in [0.25, 0.3) is 0 Å². The fraction of sp³-hybridized carbons (Fsp3) is 0.308. The largest absolute Gasteiger partial charge is 0.356 e. The molecule has 0 unspecified atom stereocenters. The normalized spacial score (nSPS) is 16.8. The molecule has 0 radical (unpaired) electrons. The molecular formula is C26H25N5OS. The zero-order chi connectivity index (χ0) is 22.2. The van der Waals surface area contributed by atoms with Gasteiger partial charge in [-0.05, 0) is 43.4 Å². The number of thiophene rings is 1. The molecule has 1 amide bonds. The number of fused-ring (bicyclic) bond motifs is 1. The number of hydrogen-bond donors (Lipinski definition) is 1. The number of carbonyl (C=O) groups is 1. The van der Waals surface area contributed by atoms with Gasteiger partial charge in [0.15, 0.2) is 5.82 Å². The number of amides is 1. The van der Waals surface area contributed by atoms with Crippen molar-refractivity contribution in [2.75, 3.05) is 18.0 Å². The molecule has 4 aromatic rings. The summed E-state index contributed by atoms with van der Waals surface area (Å²) in [5.74, 6) is 1.97. The lowest BCUT2D eigenvalue weighted by Gasteiger charge is -2.33. The smallest absolute Gasteiger partial charge is 0.223 e. The Morgan fingerprint density at radius 1 is 0.970 bits per heavy atom. The van der Waals surface area contributed by atoms with E-state index in [0.29, 0.717) is 11.9 Å². The Morgan fingerprint density at radius 2 is 1.76 bits per heavy atom. The van der Waals surface area contributed by atoms with Crippen LogP contribution in [-0.2, 0) is 4.79 Å². The first-order valence-electron chi connectivity index (χ1n) is 11.6. The summed E-state index contributed by atoms with van der Waals surface area (Å²) in [5.41, 5.74) is 3.24. The van der Waals surface area contributed by atoms with Gasteiger partial charge < -0.3 is 10.2 Å². The van der Waals surface area contributed by atoms with Crippen LogP contribution in [0.3, 0.4) is 0 Å². The number of piperidine rings is 1. The lowest BCUT2D eigenvalue weighted by molar-refractivity contribution is -0.125. The van der Waals surface area contributed by atoms with Crippen LogP contribution >= 0.6 is 11.3 Å². The van der Waals surface area contributed by atoms with E-state index < -0.39 is 0 Å². The van der Waals surface area contributed by atoms with Crippen molar-refractivity contribution >= 4 is 33.3 Å². The molecule has 0 spiro atoms. The van der Waals surface area contributed by atoms with Crippen molar-refractivity contribution in [1.29, 1.82) is 0 Å². The number of rotatable bonds is 5. The van der Waals surface area contributed by atoms with Gasteiger partial charge in [0.05, 0.1) is 5.39 Å². The SMILES string of the molecule is O=C(NC1CC1)C1CCN(c2nc(-c3cccnc3)nc3scc(-c4ccccc4)c23)CC1. The minimum Gasteiger partial charge on any atom is -0.356 e. The summed E-state index contributed by atoms with van der Waals surface area (Å²) in [6.45, 7) is 1.62. The number of anilines is 1. The van der Waals surface area contributed by atoms with Gasteiger partial charge in [0.2, 0.25) is 5.91 Å². The Bertz CT molecular complexity index is 1280. The third-order valence-electron chi connectivity index (χ3n) is 6.51. The van der Waals surface area contributed by atoms with E-state index in [1.165, 1.54) is 5.56 Å². The molecule has 1 saturated carbocycles. The number of carbonyl (C=O) groups excluding carboxylic acids is 1. The molecule has 1 aliphatic carbocycles. The van der Waals surface area contributed by atoms with Crippen molar-refractivity contribution in [3.8, 4) is 22.5 Å². The van der Waals surface area contributed by atoms with E-state index in [4.69, 9.17) is 9.97 Å². The van der Waals surface area contributed by atoms with E-state index in [1.807, 2.05) is 24.4 Å². The van der Waals surface area contributed by atoms with Gasteiger partial charge in [-0.1, -0.05) is 30.3 Å². The number of benzene rings is 1. The maximum atomic E-state index is 12.6. The van der Waals surface area contributed by atoms with E-state index in [-0.39, 0.29) is 11.8 Å². The Balaban J connectivity index is 1.38. The van der Waals surface area contributed by atoms with Crippen LogP contribution in [0.25, 0.3) is 32.7 Å². The number of pyridine rings is 1. The Labute approximate surface area is 196 Å². The van der Waals surface area contributed by atoms with Gasteiger partial charge in [-0.3, -0.25) is 9.78 Å². The molecule has 2 fully saturated rings. The molecule has 0 bridgehead atoms. The number of nitrogens with zero attached hydrogens (tertiary/aromatic N) is 4. The molecule has 0 atom stereocenters. The summed E-state index contributed by atoms with van der Waals surface area (Å²) in [4.78, 5) is 30.1. The molecule has 33 heavy (non-hydrogen) atoms. The molecule has 4 heterocycles. The minimum atomic E-state index is 0.0908. The van der Waals surface area contributed by atoms with E-state index >= 15 is 0 Å². The molecular weight excluding hydrogens is 430 g/mol. The molecule has 1 aromatic carbocycles. The highest BCUT2D eigenvalue weighted by Gasteiger charge is 2.31. The zero-order valence-electron chi connectivity index (χ0n) is 18.3. The monoisotopic (exact) mass is 455 g/mol. The minimum absolute atomic E-state index is 0.0908. The molecule has 1 aliphatic heterocycles. The summed E-state index contributed by atoms with van der Waals surface area (Å²) in [6, 6.07) is 14.8. The average molecular weight is 456 g/mol. The van der Waals surface area contributed by atoms with Crippen LogP contribution in [0.1, 0.15) is 25.7 Å². The highest BCUT2D eigenvalue weighted by atomic mass is 32.1. The second-order valence-corrected chi connectivity index (χ2v) is 9.71. The van der Waals surface area contributed by atoms with E-state index in [9.17, 15) is 4.79 Å². The van der Waals surface area contributed by atoms with Crippen molar-refractivity contribution in [2.45, 2.75) is 31.7 Å². The summed E-state index contributed by atoms with van der Waals surface area (Å²) >= 11 is 1.65. The summed E-state index contributed by atoms with van der Waals surface area (Å²) < 4.78 is 0. The van der Waals surface area contributed by atoms with E-state index in [2.05, 4.69) is 44.8 Å². The standard InChI is InChI=1S/C26H25N5OS/c32-25(28-20-8-9-20)18-10-13-31(14-11-18)24-22-21(17-5-2-1-3-6-17)16-33-26(22)30-23(29-24)19-7-4-12-27-15-19/h1-7,12,15-16,18,20H,8-11,13-14H2,(H,28,32). The molecule has 6 rings (SSSR count). The van der Waals surface area contributed by atoms with Crippen LogP contribution in [0.2, 0.25) is 0 Å². The first-order chi connectivity index (χ1) is 16.3. The molecule has 3 aromatic heterocycles. The molecule has 7 heteroatoms. The quantitative estimate of drug-likeness (QED) is 0.463. The highest BCUT2D eigenvalue weighted by molar-refractivity contribution is 7.17. The van der Waals surface area contributed by atoms with Crippen LogP contribution in [0, 0.1) is 5.92 Å². The van der Waals surface area contributed by atoms with Crippen molar-refractivity contribution in [3.63, 3.8) is 0 Å². The van der Waals surface area contributed by atoms with Crippen LogP contribution in [0.15, 0.2) is 60.2 Å². The third-order valence-corrected chi connectivity index (χ3v) is 7.38. The van der Waals surface area contributed by atoms with Crippen LogP contribution < -0.4 is 10.2 Å². The molecule has 2 aliphatic rings. The summed E-state index contributed by atoms with van der Waals surface area (Å²) in [7, 11) is 0. The predicted molar refractivity (Wildman–Crippen MR) is 132 cm³/mol. The average Bonchev–Trinajstić information content (AvgIpc) is 3.59. The third kappa shape index (κ3) is 4.09. The highest BCUT2D eigenvalue weighted by Crippen LogP contribution is 2.40. The van der Waals surface area contributed by atoms with E-state index in [0.717, 1.165) is 65.9 Å². The maximum absolute atomic E-state index is 12.6.